The summed E-state index contributed by atoms with van der Waals surface area (Å²) in [5, 5.41) is 23.7. The first-order chi connectivity index (χ1) is 17.1. The molecule has 0 amide bonds. The van der Waals surface area contributed by atoms with E-state index in [1.54, 1.807) is 48.5 Å². The van der Waals surface area contributed by atoms with Gasteiger partial charge in [0.15, 0.2) is 0 Å². The van der Waals surface area contributed by atoms with Crippen LogP contribution >= 0.6 is 11.6 Å². The molecule has 0 spiro atoms. The maximum absolute atomic E-state index is 13.3. The molecule has 0 aliphatic carbocycles. The van der Waals surface area contributed by atoms with E-state index in [1.807, 2.05) is 27.7 Å². The van der Waals surface area contributed by atoms with Crippen LogP contribution in [0.3, 0.4) is 0 Å². The Hall–Kier alpha value is -4.03. The molecule has 0 atom stereocenters. The second-order valence-corrected chi connectivity index (χ2v) is 9.59. The summed E-state index contributed by atoms with van der Waals surface area (Å²) >= 11 is 6.26. The summed E-state index contributed by atoms with van der Waals surface area (Å²) in [6.07, 6.45) is 0. The molecule has 0 radical (unpaired) electrons. The number of hydrogen-bond acceptors (Lipinski definition) is 6. The van der Waals surface area contributed by atoms with E-state index in [1.165, 1.54) is 0 Å². The number of aryl methyl sites for hydroxylation is 4. The van der Waals surface area contributed by atoms with Gasteiger partial charge in [-0.25, -0.2) is 9.59 Å². The van der Waals surface area contributed by atoms with Gasteiger partial charge in [-0.2, -0.15) is 0 Å². The number of aromatic hydroxyl groups is 2. The van der Waals surface area contributed by atoms with Crippen LogP contribution in [0.15, 0.2) is 67.0 Å². The number of halogens is 1. The summed E-state index contributed by atoms with van der Waals surface area (Å²) < 4.78 is 11.2. The highest BCUT2D eigenvalue weighted by atomic mass is 35.5. The van der Waals surface area contributed by atoms with Gasteiger partial charge in [0.25, 0.3) is 0 Å². The van der Waals surface area contributed by atoms with E-state index in [0.29, 0.717) is 21.4 Å². The highest BCUT2D eigenvalue weighted by Crippen LogP contribution is 2.43. The molecule has 0 bridgehead atoms. The third kappa shape index (κ3) is 3.74. The molecule has 2 N–H and O–H groups in total. The Morgan fingerprint density at radius 1 is 0.694 bits per heavy atom. The van der Waals surface area contributed by atoms with Crippen molar-refractivity contribution in [3.05, 3.63) is 113 Å². The monoisotopic (exact) mass is 502 g/mol. The Kier molecular flexibility index (Phi) is 5.64. The van der Waals surface area contributed by atoms with Crippen molar-refractivity contribution >= 4 is 33.5 Å². The van der Waals surface area contributed by atoms with Crippen LogP contribution in [0.5, 0.6) is 11.5 Å². The molecular weight excluding hydrogens is 480 g/mol. The molecule has 0 saturated heterocycles. The zero-order valence-electron chi connectivity index (χ0n) is 20.1. The fraction of sp³-hybridized carbons (Fsp3) is 0.172. The molecule has 0 fully saturated rings. The molecule has 5 rings (SSSR count). The van der Waals surface area contributed by atoms with Crippen molar-refractivity contribution in [2.75, 3.05) is 0 Å². The summed E-state index contributed by atoms with van der Waals surface area (Å²) in [5.41, 5.74) is 2.32. The fourth-order valence-corrected chi connectivity index (χ4v) is 4.78. The van der Waals surface area contributed by atoms with Crippen molar-refractivity contribution in [3.8, 4) is 11.5 Å². The molecule has 2 heterocycles. The molecule has 6 nitrogen and oxygen atoms in total. The van der Waals surface area contributed by atoms with E-state index in [0.717, 1.165) is 22.3 Å². The van der Waals surface area contributed by atoms with Crippen molar-refractivity contribution in [1.29, 1.82) is 0 Å². The lowest BCUT2D eigenvalue weighted by Gasteiger charge is -2.20. The Labute approximate surface area is 211 Å². The molecule has 36 heavy (non-hydrogen) atoms. The van der Waals surface area contributed by atoms with Crippen molar-refractivity contribution < 1.29 is 19.0 Å². The maximum atomic E-state index is 13.3. The van der Waals surface area contributed by atoms with Gasteiger partial charge in [-0.15, -0.1) is 0 Å². The van der Waals surface area contributed by atoms with E-state index in [9.17, 15) is 19.8 Å². The first-order valence-electron chi connectivity index (χ1n) is 11.4. The molecule has 7 heteroatoms. The minimum Gasteiger partial charge on any atom is -0.507 e. The zero-order valence-corrected chi connectivity index (χ0v) is 20.9. The summed E-state index contributed by atoms with van der Waals surface area (Å²) in [7, 11) is 0. The molecule has 0 saturated carbocycles. The van der Waals surface area contributed by atoms with Gasteiger partial charge in [0.1, 0.15) is 22.7 Å². The Balaban J connectivity index is 1.92. The van der Waals surface area contributed by atoms with Crippen LogP contribution in [0.4, 0.5) is 0 Å². The van der Waals surface area contributed by atoms with Gasteiger partial charge in [-0.05, 0) is 91.9 Å². The van der Waals surface area contributed by atoms with E-state index < -0.39 is 17.2 Å². The van der Waals surface area contributed by atoms with Crippen LogP contribution in [0, 0.1) is 27.7 Å². The lowest BCUT2D eigenvalue weighted by atomic mass is 9.84. The highest BCUT2D eigenvalue weighted by molar-refractivity contribution is 6.30. The fourth-order valence-electron chi connectivity index (χ4n) is 4.58. The third-order valence-electron chi connectivity index (χ3n) is 6.82. The smallest absolute Gasteiger partial charge is 0.344 e. The van der Waals surface area contributed by atoms with Crippen LogP contribution in [0.1, 0.15) is 44.9 Å². The third-order valence-corrected chi connectivity index (χ3v) is 7.05. The van der Waals surface area contributed by atoms with Crippen LogP contribution in [-0.4, -0.2) is 10.2 Å². The molecule has 0 aliphatic rings. The normalized spacial score (nSPS) is 11.6. The summed E-state index contributed by atoms with van der Waals surface area (Å²) in [6.45, 7) is 7.50. The van der Waals surface area contributed by atoms with Gasteiger partial charge in [-0.1, -0.05) is 23.7 Å². The predicted octanol–water partition coefficient (Wildman–Crippen LogP) is 6.38. The van der Waals surface area contributed by atoms with Crippen molar-refractivity contribution in [2.45, 2.75) is 33.6 Å². The standard InChI is InChI=1S/C29H23ClO6/c1-13-8-19-21(10-15(13)3)35-28(33)24(26(19)31)23(17-6-5-7-18(30)12-17)25-27(32)20-9-14(2)16(4)11-22(20)36-29(25)34/h5-12,23,31-32H,1-4H3. The quantitative estimate of drug-likeness (QED) is 0.278. The number of hydrogen-bond donors (Lipinski definition) is 2. The number of benzene rings is 3. The summed E-state index contributed by atoms with van der Waals surface area (Å²) in [5.74, 6) is -1.89. The van der Waals surface area contributed by atoms with Crippen molar-refractivity contribution in [1.82, 2.24) is 0 Å². The van der Waals surface area contributed by atoms with E-state index >= 15 is 0 Å². The van der Waals surface area contributed by atoms with Gasteiger partial charge in [0.05, 0.1) is 27.8 Å². The van der Waals surface area contributed by atoms with Gasteiger partial charge in [0, 0.05) is 5.02 Å². The van der Waals surface area contributed by atoms with Crippen LogP contribution in [0.25, 0.3) is 21.9 Å². The molecule has 0 aliphatic heterocycles. The van der Waals surface area contributed by atoms with Crippen LogP contribution in [0.2, 0.25) is 5.02 Å². The lowest BCUT2D eigenvalue weighted by Crippen LogP contribution is -2.21. The molecule has 3 aromatic carbocycles. The van der Waals surface area contributed by atoms with E-state index in [4.69, 9.17) is 20.4 Å². The SMILES string of the molecule is Cc1cc2oc(=O)c(C(c3cccc(Cl)c3)c3c(O)c4cc(C)c(C)cc4oc3=O)c(O)c2cc1C. The first-order valence-corrected chi connectivity index (χ1v) is 11.7. The maximum Gasteiger partial charge on any atom is 0.344 e. The second kappa shape index (κ2) is 8.57. The summed E-state index contributed by atoms with van der Waals surface area (Å²) in [6, 6.07) is 13.3. The lowest BCUT2D eigenvalue weighted by molar-refractivity contribution is 0.441. The van der Waals surface area contributed by atoms with Gasteiger partial charge in [-0.3, -0.25) is 0 Å². The van der Waals surface area contributed by atoms with Gasteiger partial charge >= 0.3 is 11.3 Å². The van der Waals surface area contributed by atoms with Gasteiger partial charge in [0.2, 0.25) is 0 Å². The van der Waals surface area contributed by atoms with Crippen molar-refractivity contribution in [3.63, 3.8) is 0 Å². The predicted molar refractivity (Wildman–Crippen MR) is 140 cm³/mol. The van der Waals surface area contributed by atoms with Gasteiger partial charge < -0.3 is 19.0 Å². The van der Waals surface area contributed by atoms with Crippen molar-refractivity contribution in [2.24, 2.45) is 0 Å². The zero-order chi connectivity index (χ0) is 25.9. The Bertz CT molecular complexity index is 1700. The first kappa shape index (κ1) is 23.7. The van der Waals surface area contributed by atoms with Crippen LogP contribution < -0.4 is 11.3 Å². The average Bonchev–Trinajstić information content (AvgIpc) is 2.81. The summed E-state index contributed by atoms with van der Waals surface area (Å²) in [4.78, 5) is 26.7. The minimum absolute atomic E-state index is 0.196. The second-order valence-electron chi connectivity index (χ2n) is 9.16. The topological polar surface area (TPSA) is 101 Å². The molecule has 5 aromatic rings. The highest BCUT2D eigenvalue weighted by Gasteiger charge is 2.32. The molecule has 182 valence electrons. The average molecular weight is 503 g/mol. The molecular formula is C29H23ClO6. The van der Waals surface area contributed by atoms with E-state index in [-0.39, 0.29) is 33.8 Å². The molecule has 2 aromatic heterocycles. The number of rotatable bonds is 3. The van der Waals surface area contributed by atoms with Crippen LogP contribution in [-0.2, 0) is 0 Å². The van der Waals surface area contributed by atoms with E-state index in [2.05, 4.69) is 0 Å². The molecule has 0 unspecified atom stereocenters. The largest absolute Gasteiger partial charge is 0.507 e. The number of fused-ring (bicyclic) bond motifs is 2. The minimum atomic E-state index is -1.21. The Morgan fingerprint density at radius 2 is 1.14 bits per heavy atom. The Morgan fingerprint density at radius 3 is 1.58 bits per heavy atom.